The molecule has 1 saturated heterocycles. The van der Waals surface area contributed by atoms with Crippen molar-refractivity contribution >= 4 is 21.9 Å². The molecule has 0 bridgehead atoms. The molecule has 1 N–H and O–H groups in total. The molecule has 1 amide bonds. The molecule has 2 aromatic carbocycles. The lowest BCUT2D eigenvalue weighted by molar-refractivity contribution is -0.125. The smallest absolute Gasteiger partial charge is 0.338 e. The zero-order chi connectivity index (χ0) is 23.4. The highest BCUT2D eigenvalue weighted by molar-refractivity contribution is 7.89. The number of carbonyl (C=O) groups is 2. The molecule has 1 atom stereocenters. The summed E-state index contributed by atoms with van der Waals surface area (Å²) >= 11 is 0. The fraction of sp³-hybridized carbons (Fsp3) is 0.417. The second-order valence-corrected chi connectivity index (χ2v) is 10.2. The van der Waals surface area contributed by atoms with Gasteiger partial charge in [0.25, 0.3) is 5.91 Å². The molecule has 9 heteroatoms. The fourth-order valence-electron chi connectivity index (χ4n) is 4.27. The number of amides is 1. The Labute approximate surface area is 193 Å². The molecular formula is C24H28N2O6S. The van der Waals surface area contributed by atoms with E-state index in [4.69, 9.17) is 9.47 Å². The third-order valence-corrected chi connectivity index (χ3v) is 7.97. The van der Waals surface area contributed by atoms with Gasteiger partial charge in [0.1, 0.15) is 0 Å². The van der Waals surface area contributed by atoms with E-state index in [1.54, 1.807) is 13.0 Å². The lowest BCUT2D eigenvalue weighted by atomic mass is 9.88. The summed E-state index contributed by atoms with van der Waals surface area (Å²) in [6.45, 7) is 2.46. The maximum atomic E-state index is 12.9. The maximum absolute atomic E-state index is 12.9. The Kier molecular flexibility index (Phi) is 7.11. The summed E-state index contributed by atoms with van der Waals surface area (Å²) < 4.78 is 37.6. The van der Waals surface area contributed by atoms with Gasteiger partial charge in [0.15, 0.2) is 6.61 Å². The first-order valence-corrected chi connectivity index (χ1v) is 12.5. The van der Waals surface area contributed by atoms with Gasteiger partial charge in [0, 0.05) is 13.1 Å². The number of rotatable bonds is 6. The van der Waals surface area contributed by atoms with Crippen LogP contribution in [0.1, 0.15) is 45.9 Å². The average Bonchev–Trinajstić information content (AvgIpc) is 2.83. The number of fused-ring (bicyclic) bond motifs is 1. The molecule has 8 nitrogen and oxygen atoms in total. The Hall–Kier alpha value is -2.75. The molecule has 0 saturated carbocycles. The van der Waals surface area contributed by atoms with Crippen molar-refractivity contribution in [1.82, 2.24) is 9.62 Å². The van der Waals surface area contributed by atoms with Crippen molar-refractivity contribution in [2.24, 2.45) is 0 Å². The molecule has 1 aliphatic carbocycles. The Morgan fingerprint density at radius 3 is 2.70 bits per heavy atom. The summed E-state index contributed by atoms with van der Waals surface area (Å²) in [6.07, 6.45) is 2.79. The monoisotopic (exact) mass is 472 g/mol. The van der Waals surface area contributed by atoms with Crippen LogP contribution in [0.5, 0.6) is 0 Å². The number of carbonyl (C=O) groups excluding carboxylic acids is 2. The highest BCUT2D eigenvalue weighted by atomic mass is 32.2. The van der Waals surface area contributed by atoms with E-state index >= 15 is 0 Å². The number of nitrogens with zero attached hydrogens (tertiary/aromatic N) is 1. The number of ether oxygens (including phenoxy) is 2. The third kappa shape index (κ3) is 5.26. The van der Waals surface area contributed by atoms with Crippen LogP contribution in [0, 0.1) is 6.92 Å². The van der Waals surface area contributed by atoms with Gasteiger partial charge in [-0.05, 0) is 55.0 Å². The largest absolute Gasteiger partial charge is 0.452 e. The molecule has 1 heterocycles. The molecule has 33 heavy (non-hydrogen) atoms. The number of hydrogen-bond acceptors (Lipinski definition) is 6. The zero-order valence-corrected chi connectivity index (χ0v) is 19.4. The summed E-state index contributed by atoms with van der Waals surface area (Å²) in [6, 6.07) is 12.3. The average molecular weight is 473 g/mol. The molecule has 0 aromatic heterocycles. The Morgan fingerprint density at radius 1 is 1.15 bits per heavy atom. The molecule has 1 aliphatic heterocycles. The molecule has 4 rings (SSSR count). The van der Waals surface area contributed by atoms with Crippen molar-refractivity contribution in [3.8, 4) is 0 Å². The highest BCUT2D eigenvalue weighted by Crippen LogP contribution is 2.29. The van der Waals surface area contributed by atoms with Crippen LogP contribution in [0.15, 0.2) is 47.4 Å². The molecule has 176 valence electrons. The predicted molar refractivity (Wildman–Crippen MR) is 121 cm³/mol. The molecule has 1 unspecified atom stereocenters. The number of benzene rings is 2. The summed E-state index contributed by atoms with van der Waals surface area (Å²) in [5, 5.41) is 2.94. The predicted octanol–water partition coefficient (Wildman–Crippen LogP) is 2.37. The highest BCUT2D eigenvalue weighted by Gasteiger charge is 2.28. The summed E-state index contributed by atoms with van der Waals surface area (Å²) in [7, 11) is -3.75. The molecule has 2 aliphatic rings. The van der Waals surface area contributed by atoms with Crippen LogP contribution in [0.2, 0.25) is 0 Å². The van der Waals surface area contributed by atoms with Gasteiger partial charge >= 0.3 is 5.97 Å². The van der Waals surface area contributed by atoms with Gasteiger partial charge in [0.2, 0.25) is 10.0 Å². The van der Waals surface area contributed by atoms with Crippen molar-refractivity contribution in [2.45, 2.75) is 37.1 Å². The number of aryl methyl sites for hydroxylation is 2. The standard InChI is InChI=1S/C24H28N2O6S/c1-17-9-10-19(33(29,30)26-11-13-31-14-12-26)15-21(17)24(28)32-16-23(27)25-22-8-4-6-18-5-2-3-7-20(18)22/h2-3,5,7,9-10,15,22H,4,6,8,11-14,16H2,1H3,(H,25,27). The number of morpholine rings is 1. The van der Waals surface area contributed by atoms with Crippen LogP contribution in [0.25, 0.3) is 0 Å². The van der Waals surface area contributed by atoms with Gasteiger partial charge in [-0.15, -0.1) is 0 Å². The van der Waals surface area contributed by atoms with E-state index < -0.39 is 22.6 Å². The molecular weight excluding hydrogens is 444 g/mol. The number of sulfonamides is 1. The van der Waals surface area contributed by atoms with E-state index in [1.165, 1.54) is 22.0 Å². The molecule has 0 radical (unpaired) electrons. The van der Waals surface area contributed by atoms with E-state index in [0.717, 1.165) is 24.8 Å². The quantitative estimate of drug-likeness (QED) is 0.648. The maximum Gasteiger partial charge on any atom is 0.338 e. The van der Waals surface area contributed by atoms with Gasteiger partial charge in [0.05, 0.1) is 29.7 Å². The number of nitrogens with one attached hydrogen (secondary N) is 1. The summed E-state index contributed by atoms with van der Waals surface area (Å²) in [5.74, 6) is -1.12. The van der Waals surface area contributed by atoms with E-state index in [9.17, 15) is 18.0 Å². The SMILES string of the molecule is Cc1ccc(S(=O)(=O)N2CCOCC2)cc1C(=O)OCC(=O)NC1CCCc2ccccc21. The minimum Gasteiger partial charge on any atom is -0.452 e. The first kappa shape index (κ1) is 23.4. The van der Waals surface area contributed by atoms with Crippen LogP contribution in [0.4, 0.5) is 0 Å². The van der Waals surface area contributed by atoms with E-state index in [1.807, 2.05) is 18.2 Å². The van der Waals surface area contributed by atoms with E-state index in [2.05, 4.69) is 11.4 Å². The minimum atomic E-state index is -3.75. The van der Waals surface area contributed by atoms with Gasteiger partial charge in [-0.3, -0.25) is 4.79 Å². The van der Waals surface area contributed by atoms with Crippen LogP contribution < -0.4 is 5.32 Å². The Morgan fingerprint density at radius 2 is 1.91 bits per heavy atom. The first-order chi connectivity index (χ1) is 15.9. The lowest BCUT2D eigenvalue weighted by Gasteiger charge is -2.26. The van der Waals surface area contributed by atoms with Gasteiger partial charge < -0.3 is 14.8 Å². The molecule has 0 spiro atoms. The lowest BCUT2D eigenvalue weighted by Crippen LogP contribution is -2.40. The fourth-order valence-corrected chi connectivity index (χ4v) is 5.70. The van der Waals surface area contributed by atoms with Gasteiger partial charge in [-0.1, -0.05) is 30.3 Å². The molecule has 2 aromatic rings. The van der Waals surface area contributed by atoms with Crippen molar-refractivity contribution < 1.29 is 27.5 Å². The van der Waals surface area contributed by atoms with Crippen molar-refractivity contribution in [3.63, 3.8) is 0 Å². The topological polar surface area (TPSA) is 102 Å². The van der Waals surface area contributed by atoms with Crippen LogP contribution >= 0.6 is 0 Å². The summed E-state index contributed by atoms with van der Waals surface area (Å²) in [4.78, 5) is 25.2. The third-order valence-electron chi connectivity index (χ3n) is 6.08. The number of hydrogen-bond donors (Lipinski definition) is 1. The van der Waals surface area contributed by atoms with Crippen LogP contribution in [-0.4, -0.2) is 57.5 Å². The van der Waals surface area contributed by atoms with Crippen LogP contribution in [0.3, 0.4) is 0 Å². The van der Waals surface area contributed by atoms with Gasteiger partial charge in [-0.2, -0.15) is 4.31 Å². The van der Waals surface area contributed by atoms with E-state index in [0.29, 0.717) is 18.8 Å². The van der Waals surface area contributed by atoms with Gasteiger partial charge in [-0.25, -0.2) is 13.2 Å². The van der Waals surface area contributed by atoms with Crippen molar-refractivity contribution in [2.75, 3.05) is 32.9 Å². The van der Waals surface area contributed by atoms with Crippen molar-refractivity contribution in [3.05, 3.63) is 64.7 Å². The van der Waals surface area contributed by atoms with E-state index in [-0.39, 0.29) is 35.5 Å². The Balaban J connectivity index is 1.40. The van der Waals surface area contributed by atoms with Crippen LogP contribution in [-0.2, 0) is 30.7 Å². The first-order valence-electron chi connectivity index (χ1n) is 11.1. The molecule has 1 fully saturated rings. The van der Waals surface area contributed by atoms with Crippen molar-refractivity contribution in [1.29, 1.82) is 0 Å². The summed E-state index contributed by atoms with van der Waals surface area (Å²) in [5.41, 5.74) is 3.02. The minimum absolute atomic E-state index is 0.0187. The second kappa shape index (κ2) is 10.0. The zero-order valence-electron chi connectivity index (χ0n) is 18.6. The number of esters is 1. The normalized spacial score (nSPS) is 18.9. The Bertz CT molecular complexity index is 1140. The second-order valence-electron chi connectivity index (χ2n) is 8.28.